The van der Waals surface area contributed by atoms with Crippen LogP contribution in [0.15, 0.2) is 54.6 Å². The molecule has 5 nitrogen and oxygen atoms in total. The smallest absolute Gasteiger partial charge is 0.317 e. The van der Waals surface area contributed by atoms with Gasteiger partial charge in [-0.3, -0.25) is 0 Å². The highest BCUT2D eigenvalue weighted by atomic mass is 16.5. The number of benzene rings is 2. The molecule has 144 valence electrons. The van der Waals surface area contributed by atoms with Gasteiger partial charge in [0.05, 0.1) is 6.54 Å². The molecule has 0 bridgehead atoms. The predicted octanol–water partition coefficient (Wildman–Crippen LogP) is 3.72. The average molecular weight is 367 g/mol. The first-order valence-corrected chi connectivity index (χ1v) is 9.69. The van der Waals surface area contributed by atoms with E-state index in [0.29, 0.717) is 19.1 Å². The van der Waals surface area contributed by atoms with E-state index in [0.717, 1.165) is 31.9 Å². The lowest BCUT2D eigenvalue weighted by Crippen LogP contribution is -2.52. The molecule has 1 fully saturated rings. The second-order valence-corrected chi connectivity index (χ2v) is 7.11. The van der Waals surface area contributed by atoms with Crippen LogP contribution in [0.1, 0.15) is 25.3 Å². The zero-order valence-electron chi connectivity index (χ0n) is 16.2. The molecule has 0 unspecified atom stereocenters. The summed E-state index contributed by atoms with van der Waals surface area (Å²) in [6.07, 6.45) is 0. The largest absolute Gasteiger partial charge is 0.492 e. The Morgan fingerprint density at radius 2 is 1.67 bits per heavy atom. The number of nitrogens with one attached hydrogen (secondary N) is 1. The third kappa shape index (κ3) is 5.39. The van der Waals surface area contributed by atoms with E-state index in [4.69, 9.17) is 4.74 Å². The van der Waals surface area contributed by atoms with Crippen LogP contribution >= 0.6 is 0 Å². The van der Waals surface area contributed by atoms with Crippen LogP contribution in [0.4, 0.5) is 10.5 Å². The molecule has 2 aromatic carbocycles. The maximum atomic E-state index is 12.3. The third-order valence-electron chi connectivity index (χ3n) is 4.88. The molecule has 3 rings (SSSR count). The number of rotatable bonds is 6. The molecule has 0 aromatic heterocycles. The van der Waals surface area contributed by atoms with Gasteiger partial charge >= 0.3 is 6.03 Å². The Balaban J connectivity index is 1.35. The Bertz CT molecular complexity index is 708. The van der Waals surface area contributed by atoms with Crippen LogP contribution in [0, 0.1) is 0 Å². The Kier molecular flexibility index (Phi) is 6.58. The highest BCUT2D eigenvalue weighted by Crippen LogP contribution is 2.18. The van der Waals surface area contributed by atoms with Crippen LogP contribution in [-0.2, 0) is 0 Å². The number of piperazine rings is 1. The fourth-order valence-corrected chi connectivity index (χ4v) is 3.19. The van der Waals surface area contributed by atoms with Crippen LogP contribution in [0.3, 0.4) is 0 Å². The van der Waals surface area contributed by atoms with Crippen molar-refractivity contribution in [3.05, 3.63) is 60.2 Å². The van der Waals surface area contributed by atoms with Crippen LogP contribution in [0.2, 0.25) is 0 Å². The number of carbonyl (C=O) groups excluding carboxylic acids is 1. The van der Waals surface area contributed by atoms with Gasteiger partial charge in [0.15, 0.2) is 0 Å². The average Bonchev–Trinajstić information content (AvgIpc) is 2.72. The highest BCUT2D eigenvalue weighted by Gasteiger charge is 2.20. The van der Waals surface area contributed by atoms with E-state index >= 15 is 0 Å². The first kappa shape index (κ1) is 19.1. The Hall–Kier alpha value is -2.69. The number of amides is 2. The minimum atomic E-state index is -0.0125. The topological polar surface area (TPSA) is 44.8 Å². The molecule has 1 heterocycles. The normalized spacial score (nSPS) is 14.3. The van der Waals surface area contributed by atoms with Crippen molar-refractivity contribution in [1.29, 1.82) is 0 Å². The zero-order valence-corrected chi connectivity index (χ0v) is 16.2. The van der Waals surface area contributed by atoms with Crippen molar-refractivity contribution in [2.75, 3.05) is 44.2 Å². The van der Waals surface area contributed by atoms with Gasteiger partial charge in [-0.05, 0) is 35.7 Å². The number of hydrogen-bond acceptors (Lipinski definition) is 3. The van der Waals surface area contributed by atoms with Gasteiger partial charge in [0.25, 0.3) is 0 Å². The van der Waals surface area contributed by atoms with Gasteiger partial charge in [0.1, 0.15) is 12.4 Å². The van der Waals surface area contributed by atoms with Crippen molar-refractivity contribution >= 4 is 11.7 Å². The minimum Gasteiger partial charge on any atom is -0.492 e. The Morgan fingerprint density at radius 3 is 2.30 bits per heavy atom. The number of urea groups is 1. The summed E-state index contributed by atoms with van der Waals surface area (Å²) in [6.45, 7) is 8.50. The van der Waals surface area contributed by atoms with Crippen LogP contribution < -0.4 is 15.0 Å². The molecule has 1 N–H and O–H groups in total. The molecule has 2 amide bonds. The Labute approximate surface area is 161 Å². The minimum absolute atomic E-state index is 0.0125. The summed E-state index contributed by atoms with van der Waals surface area (Å²) in [7, 11) is 0. The lowest BCUT2D eigenvalue weighted by molar-refractivity contribution is 0.191. The first-order chi connectivity index (χ1) is 13.1. The summed E-state index contributed by atoms with van der Waals surface area (Å²) in [5.41, 5.74) is 2.51. The van der Waals surface area contributed by atoms with Gasteiger partial charge in [0, 0.05) is 31.9 Å². The summed E-state index contributed by atoms with van der Waals surface area (Å²) < 4.78 is 5.71. The lowest BCUT2D eigenvalue weighted by Gasteiger charge is -2.36. The number of anilines is 1. The molecule has 0 atom stereocenters. The number of para-hydroxylation sites is 1. The van der Waals surface area contributed by atoms with Crippen molar-refractivity contribution in [3.63, 3.8) is 0 Å². The van der Waals surface area contributed by atoms with Crippen molar-refractivity contribution in [2.45, 2.75) is 19.8 Å². The van der Waals surface area contributed by atoms with E-state index in [9.17, 15) is 4.79 Å². The molecule has 1 saturated heterocycles. The summed E-state index contributed by atoms with van der Waals surface area (Å²) in [4.78, 5) is 16.5. The van der Waals surface area contributed by atoms with E-state index < -0.39 is 0 Å². The molecule has 1 aliphatic rings. The van der Waals surface area contributed by atoms with Gasteiger partial charge in [-0.1, -0.05) is 44.2 Å². The molecule has 2 aromatic rings. The number of nitrogens with zero attached hydrogens (tertiary/aromatic N) is 2. The number of carbonyl (C=O) groups is 1. The number of ether oxygens (including phenoxy) is 1. The SMILES string of the molecule is CC(C)c1ccc(OCCNC(=O)N2CCN(c3ccccc3)CC2)cc1. The van der Waals surface area contributed by atoms with E-state index in [1.807, 2.05) is 35.2 Å². The maximum Gasteiger partial charge on any atom is 0.317 e. The van der Waals surface area contributed by atoms with Crippen molar-refractivity contribution in [2.24, 2.45) is 0 Å². The van der Waals surface area contributed by atoms with E-state index in [1.165, 1.54) is 11.3 Å². The first-order valence-electron chi connectivity index (χ1n) is 9.69. The molecule has 1 aliphatic heterocycles. The predicted molar refractivity (Wildman–Crippen MR) is 110 cm³/mol. The van der Waals surface area contributed by atoms with Gasteiger partial charge in [-0.15, -0.1) is 0 Å². The van der Waals surface area contributed by atoms with Gasteiger partial charge in [0.2, 0.25) is 0 Å². The molecular weight excluding hydrogens is 338 g/mol. The van der Waals surface area contributed by atoms with Crippen LogP contribution in [0.5, 0.6) is 5.75 Å². The Morgan fingerprint density at radius 1 is 1.00 bits per heavy atom. The molecule has 5 heteroatoms. The van der Waals surface area contributed by atoms with E-state index in [2.05, 4.69) is 48.3 Å². The molecule has 27 heavy (non-hydrogen) atoms. The van der Waals surface area contributed by atoms with Crippen molar-refractivity contribution in [1.82, 2.24) is 10.2 Å². The van der Waals surface area contributed by atoms with Gasteiger partial charge in [-0.25, -0.2) is 4.79 Å². The molecular formula is C22H29N3O2. The molecule has 0 spiro atoms. The summed E-state index contributed by atoms with van der Waals surface area (Å²) in [5.74, 6) is 1.35. The number of hydrogen-bond donors (Lipinski definition) is 1. The fourth-order valence-electron chi connectivity index (χ4n) is 3.19. The van der Waals surface area contributed by atoms with Crippen LogP contribution in [0.25, 0.3) is 0 Å². The highest BCUT2D eigenvalue weighted by molar-refractivity contribution is 5.74. The standard InChI is InChI=1S/C22H29N3O2/c1-18(2)19-8-10-21(11-9-19)27-17-12-23-22(26)25-15-13-24(14-16-25)20-6-4-3-5-7-20/h3-11,18H,12-17H2,1-2H3,(H,23,26). The van der Waals surface area contributed by atoms with Crippen molar-refractivity contribution < 1.29 is 9.53 Å². The summed E-state index contributed by atoms with van der Waals surface area (Å²) in [5, 5.41) is 2.95. The lowest BCUT2D eigenvalue weighted by atomic mass is 10.0. The quantitative estimate of drug-likeness (QED) is 0.792. The van der Waals surface area contributed by atoms with Gasteiger partial charge < -0.3 is 19.9 Å². The van der Waals surface area contributed by atoms with E-state index in [1.54, 1.807) is 0 Å². The molecule has 0 aliphatic carbocycles. The molecule has 0 radical (unpaired) electrons. The summed E-state index contributed by atoms with van der Waals surface area (Å²) >= 11 is 0. The summed E-state index contributed by atoms with van der Waals surface area (Å²) in [6, 6.07) is 18.5. The van der Waals surface area contributed by atoms with Gasteiger partial charge in [-0.2, -0.15) is 0 Å². The van der Waals surface area contributed by atoms with E-state index in [-0.39, 0.29) is 6.03 Å². The third-order valence-corrected chi connectivity index (χ3v) is 4.88. The van der Waals surface area contributed by atoms with Crippen LogP contribution in [-0.4, -0.2) is 50.3 Å². The fraction of sp³-hybridized carbons (Fsp3) is 0.409. The second kappa shape index (κ2) is 9.31. The molecule has 0 saturated carbocycles. The maximum absolute atomic E-state index is 12.3. The van der Waals surface area contributed by atoms with Crippen molar-refractivity contribution in [3.8, 4) is 5.75 Å². The monoisotopic (exact) mass is 367 g/mol. The zero-order chi connectivity index (χ0) is 19.1. The second-order valence-electron chi connectivity index (χ2n) is 7.11.